The molecule has 148 valence electrons. The molecule has 1 fully saturated rings. The number of rotatable bonds is 5. The van der Waals surface area contributed by atoms with Gasteiger partial charge in [-0.2, -0.15) is 0 Å². The minimum Gasteiger partial charge on any atom is -0.362 e. The number of piperazine rings is 1. The van der Waals surface area contributed by atoms with Gasteiger partial charge >= 0.3 is 0 Å². The van der Waals surface area contributed by atoms with E-state index in [-0.39, 0.29) is 17.9 Å². The predicted molar refractivity (Wildman–Crippen MR) is 108 cm³/mol. The number of carbonyl (C=O) groups excluding carboxylic acids is 2. The highest BCUT2D eigenvalue weighted by atomic mass is 16.2. The fourth-order valence-electron chi connectivity index (χ4n) is 3.96. The van der Waals surface area contributed by atoms with Crippen LogP contribution in [0.5, 0.6) is 0 Å². The number of amides is 2. The Morgan fingerprint density at radius 2 is 1.81 bits per heavy atom. The quantitative estimate of drug-likeness (QED) is 0.849. The van der Waals surface area contributed by atoms with Gasteiger partial charge in [0.2, 0.25) is 11.8 Å². The number of anilines is 1. The average molecular weight is 373 g/mol. The summed E-state index contributed by atoms with van der Waals surface area (Å²) in [6.45, 7) is 10.8. The highest BCUT2D eigenvalue weighted by molar-refractivity contribution is 5.82. The highest BCUT2D eigenvalue weighted by Gasteiger charge is 2.25. The van der Waals surface area contributed by atoms with Crippen molar-refractivity contribution in [3.8, 4) is 0 Å². The fraction of sp³-hybridized carbons (Fsp3) is 0.619. The molecular weight excluding hydrogens is 340 g/mol. The second-order valence-corrected chi connectivity index (χ2v) is 8.04. The Kier molecular flexibility index (Phi) is 6.37. The first-order valence-electron chi connectivity index (χ1n) is 10.1. The molecule has 2 amide bonds. The minimum atomic E-state index is 0.0602. The van der Waals surface area contributed by atoms with Gasteiger partial charge in [0.05, 0.1) is 13.1 Å². The summed E-state index contributed by atoms with van der Waals surface area (Å²) >= 11 is 0. The minimum absolute atomic E-state index is 0.0602. The third-order valence-corrected chi connectivity index (χ3v) is 5.32. The number of fused-ring (bicyclic) bond motifs is 1. The van der Waals surface area contributed by atoms with E-state index in [1.54, 1.807) is 0 Å². The molecule has 0 aromatic heterocycles. The van der Waals surface area contributed by atoms with E-state index >= 15 is 0 Å². The molecule has 2 aliphatic rings. The first kappa shape index (κ1) is 19.7. The van der Waals surface area contributed by atoms with Crippen LogP contribution in [0.25, 0.3) is 0 Å². The van der Waals surface area contributed by atoms with E-state index in [1.807, 2.05) is 18.7 Å². The molecule has 27 heavy (non-hydrogen) atoms. The molecule has 1 aromatic carbocycles. The Balaban J connectivity index is 1.50. The summed E-state index contributed by atoms with van der Waals surface area (Å²) in [5.74, 6) is 0.250. The van der Waals surface area contributed by atoms with Gasteiger partial charge in [-0.3, -0.25) is 14.5 Å². The van der Waals surface area contributed by atoms with Crippen molar-refractivity contribution in [2.24, 2.45) is 0 Å². The third-order valence-electron chi connectivity index (χ3n) is 5.32. The molecule has 6 heteroatoms. The number of nitrogens with zero attached hydrogens (tertiary/aromatic N) is 3. The van der Waals surface area contributed by atoms with Gasteiger partial charge in [0, 0.05) is 44.5 Å². The Labute approximate surface area is 162 Å². The number of hydrogen-bond acceptors (Lipinski definition) is 4. The standard InChI is InChI=1S/C21H32N4O2/c1-16(2)22-20(26)14-23-9-11-24(12-10-23)21(27)15-25-8-4-5-18-13-17(3)6-7-19(18)25/h6-7,13,16H,4-5,8-12,14-15H2,1-3H3,(H,22,26). The summed E-state index contributed by atoms with van der Waals surface area (Å²) < 4.78 is 0. The van der Waals surface area contributed by atoms with Crippen LogP contribution in [0.4, 0.5) is 5.69 Å². The molecule has 0 aliphatic carbocycles. The van der Waals surface area contributed by atoms with Crippen molar-refractivity contribution in [3.05, 3.63) is 29.3 Å². The Morgan fingerprint density at radius 3 is 2.52 bits per heavy atom. The Hall–Kier alpha value is -2.08. The van der Waals surface area contributed by atoms with E-state index in [9.17, 15) is 9.59 Å². The lowest BCUT2D eigenvalue weighted by Crippen LogP contribution is -2.53. The van der Waals surface area contributed by atoms with Gasteiger partial charge in [-0.15, -0.1) is 0 Å². The molecule has 3 rings (SSSR count). The predicted octanol–water partition coefficient (Wildman–Crippen LogP) is 1.42. The maximum Gasteiger partial charge on any atom is 0.242 e. The molecule has 2 aliphatic heterocycles. The van der Waals surface area contributed by atoms with Crippen LogP contribution >= 0.6 is 0 Å². The Bertz CT molecular complexity index is 681. The van der Waals surface area contributed by atoms with Gasteiger partial charge in [-0.25, -0.2) is 0 Å². The molecule has 0 saturated carbocycles. The second-order valence-electron chi connectivity index (χ2n) is 8.04. The van der Waals surface area contributed by atoms with E-state index in [1.165, 1.54) is 16.8 Å². The van der Waals surface area contributed by atoms with Crippen LogP contribution in [0.15, 0.2) is 18.2 Å². The first-order valence-corrected chi connectivity index (χ1v) is 10.1. The van der Waals surface area contributed by atoms with Crippen LogP contribution in [-0.4, -0.2) is 73.5 Å². The van der Waals surface area contributed by atoms with Crippen molar-refractivity contribution in [2.45, 2.75) is 39.7 Å². The summed E-state index contributed by atoms with van der Waals surface area (Å²) in [6.07, 6.45) is 2.20. The van der Waals surface area contributed by atoms with Crippen LogP contribution in [0, 0.1) is 6.92 Å². The molecule has 1 saturated heterocycles. The van der Waals surface area contributed by atoms with Gasteiger partial charge in [0.1, 0.15) is 0 Å². The highest BCUT2D eigenvalue weighted by Crippen LogP contribution is 2.27. The Morgan fingerprint density at radius 1 is 1.07 bits per heavy atom. The van der Waals surface area contributed by atoms with Gasteiger partial charge in [-0.1, -0.05) is 17.7 Å². The number of benzene rings is 1. The van der Waals surface area contributed by atoms with Gasteiger partial charge in [-0.05, 0) is 45.2 Å². The zero-order chi connectivity index (χ0) is 19.4. The van der Waals surface area contributed by atoms with Crippen molar-refractivity contribution in [1.29, 1.82) is 0 Å². The topological polar surface area (TPSA) is 55.9 Å². The van der Waals surface area contributed by atoms with Gasteiger partial charge in [0.15, 0.2) is 0 Å². The SMILES string of the molecule is Cc1ccc2c(c1)CCCN2CC(=O)N1CCN(CC(=O)NC(C)C)CC1. The van der Waals surface area contributed by atoms with E-state index in [0.717, 1.165) is 32.5 Å². The zero-order valence-electron chi connectivity index (χ0n) is 16.8. The summed E-state index contributed by atoms with van der Waals surface area (Å²) in [6, 6.07) is 6.69. The van der Waals surface area contributed by atoms with Crippen molar-refractivity contribution in [3.63, 3.8) is 0 Å². The van der Waals surface area contributed by atoms with E-state index < -0.39 is 0 Å². The van der Waals surface area contributed by atoms with Crippen molar-refractivity contribution < 1.29 is 9.59 Å². The largest absolute Gasteiger partial charge is 0.362 e. The van der Waals surface area contributed by atoms with Crippen molar-refractivity contribution in [2.75, 3.05) is 50.7 Å². The lowest BCUT2D eigenvalue weighted by Gasteiger charge is -2.37. The smallest absolute Gasteiger partial charge is 0.242 e. The summed E-state index contributed by atoms with van der Waals surface area (Å²) in [5.41, 5.74) is 3.85. The van der Waals surface area contributed by atoms with E-state index in [4.69, 9.17) is 0 Å². The molecule has 2 heterocycles. The molecule has 6 nitrogen and oxygen atoms in total. The van der Waals surface area contributed by atoms with Gasteiger partial charge < -0.3 is 15.1 Å². The second kappa shape index (κ2) is 8.74. The van der Waals surface area contributed by atoms with Crippen molar-refractivity contribution in [1.82, 2.24) is 15.1 Å². The number of aryl methyl sites for hydroxylation is 2. The van der Waals surface area contributed by atoms with E-state index in [0.29, 0.717) is 26.2 Å². The molecule has 1 aromatic rings. The zero-order valence-corrected chi connectivity index (χ0v) is 16.8. The molecule has 0 atom stereocenters. The monoisotopic (exact) mass is 372 g/mol. The maximum absolute atomic E-state index is 12.8. The normalized spacial score (nSPS) is 17.8. The van der Waals surface area contributed by atoms with Gasteiger partial charge in [0.25, 0.3) is 0 Å². The number of carbonyl (C=O) groups is 2. The molecule has 0 radical (unpaired) electrons. The molecular formula is C21H32N4O2. The molecule has 0 unspecified atom stereocenters. The lowest BCUT2D eigenvalue weighted by molar-refractivity contribution is -0.131. The summed E-state index contributed by atoms with van der Waals surface area (Å²) in [4.78, 5) is 31.0. The number of hydrogen-bond donors (Lipinski definition) is 1. The maximum atomic E-state index is 12.8. The molecule has 1 N–H and O–H groups in total. The van der Waals surface area contributed by atoms with Crippen LogP contribution in [0.1, 0.15) is 31.4 Å². The van der Waals surface area contributed by atoms with Crippen molar-refractivity contribution >= 4 is 17.5 Å². The van der Waals surface area contributed by atoms with Crippen LogP contribution < -0.4 is 10.2 Å². The summed E-state index contributed by atoms with van der Waals surface area (Å²) in [7, 11) is 0. The first-order chi connectivity index (χ1) is 12.9. The van der Waals surface area contributed by atoms with Crippen LogP contribution in [-0.2, 0) is 16.0 Å². The summed E-state index contributed by atoms with van der Waals surface area (Å²) in [5, 5.41) is 2.92. The molecule has 0 spiro atoms. The number of nitrogens with one attached hydrogen (secondary N) is 1. The van der Waals surface area contributed by atoms with Crippen LogP contribution in [0.2, 0.25) is 0 Å². The fourth-order valence-corrected chi connectivity index (χ4v) is 3.96. The van der Waals surface area contributed by atoms with E-state index in [2.05, 4.69) is 40.2 Å². The average Bonchev–Trinajstić information content (AvgIpc) is 2.61. The molecule has 0 bridgehead atoms. The third kappa shape index (κ3) is 5.22. The lowest BCUT2D eigenvalue weighted by atomic mass is 9.99. The van der Waals surface area contributed by atoms with Crippen LogP contribution in [0.3, 0.4) is 0 Å².